The van der Waals surface area contributed by atoms with Gasteiger partial charge in [-0.05, 0) is 60.7 Å². The lowest BCUT2D eigenvalue weighted by molar-refractivity contribution is 1.15. The molecule has 0 aliphatic carbocycles. The molecule has 0 amide bonds. The van der Waals surface area contributed by atoms with E-state index in [2.05, 4.69) is 155 Å². The van der Waals surface area contributed by atoms with Crippen LogP contribution >= 0.6 is 22.7 Å². The monoisotopic (exact) mass is 620 g/mol. The van der Waals surface area contributed by atoms with Crippen LogP contribution in [0.5, 0.6) is 0 Å². The molecule has 0 radical (unpaired) electrons. The van der Waals surface area contributed by atoms with Crippen molar-refractivity contribution in [2.75, 3.05) is 0 Å². The summed E-state index contributed by atoms with van der Waals surface area (Å²) in [5.41, 5.74) is 7.38. The van der Waals surface area contributed by atoms with Gasteiger partial charge in [-0.25, -0.2) is 0 Å². The van der Waals surface area contributed by atoms with Crippen molar-refractivity contribution in [1.82, 2.24) is 9.13 Å². The predicted molar refractivity (Wildman–Crippen MR) is 201 cm³/mol. The van der Waals surface area contributed by atoms with E-state index in [9.17, 15) is 0 Å². The topological polar surface area (TPSA) is 9.86 Å². The lowest BCUT2D eigenvalue weighted by atomic mass is 10.1. The van der Waals surface area contributed by atoms with Crippen LogP contribution < -0.4 is 0 Å². The number of fused-ring (bicyclic) bond motifs is 14. The second-order valence-corrected chi connectivity index (χ2v) is 14.3. The molecule has 7 aromatic carbocycles. The van der Waals surface area contributed by atoms with E-state index in [4.69, 9.17) is 0 Å². The summed E-state index contributed by atoms with van der Waals surface area (Å²) >= 11 is 3.76. The first kappa shape index (κ1) is 24.8. The lowest BCUT2D eigenvalue weighted by Gasteiger charge is -2.13. The average molecular weight is 621 g/mol. The van der Waals surface area contributed by atoms with Crippen LogP contribution in [0.1, 0.15) is 0 Å². The van der Waals surface area contributed by atoms with Crippen LogP contribution in [0.15, 0.2) is 146 Å². The standard InChI is InChI=1S/C42H24N2S2/c1-5-13-33-27(9-1)29-21-23-37-39(31-11-3-7-15-35(31)45-37)41(29)43(33)25-17-19-26(20-18-25)44-34-14-6-2-10-28(34)30-22-24-38-40(42(30)44)32-12-4-8-16-36(32)46-38/h1-24H. The van der Waals surface area contributed by atoms with E-state index >= 15 is 0 Å². The summed E-state index contributed by atoms with van der Waals surface area (Å²) in [6.07, 6.45) is 0. The summed E-state index contributed by atoms with van der Waals surface area (Å²) in [5, 5.41) is 10.5. The van der Waals surface area contributed by atoms with E-state index in [0.29, 0.717) is 0 Å². The normalized spacial score (nSPS) is 12.3. The Kier molecular flexibility index (Phi) is 4.90. The summed E-state index contributed by atoms with van der Waals surface area (Å²) in [6.45, 7) is 0. The van der Waals surface area contributed by atoms with Crippen LogP contribution in [0.3, 0.4) is 0 Å². The van der Waals surface area contributed by atoms with Crippen molar-refractivity contribution in [3.05, 3.63) is 146 Å². The second kappa shape index (κ2) is 9.07. The second-order valence-electron chi connectivity index (χ2n) is 12.1. The Hall–Kier alpha value is -5.42. The number of benzene rings is 7. The van der Waals surface area contributed by atoms with E-state index in [1.54, 1.807) is 0 Å². The minimum Gasteiger partial charge on any atom is -0.309 e. The zero-order chi connectivity index (χ0) is 29.9. The van der Waals surface area contributed by atoms with Gasteiger partial charge >= 0.3 is 0 Å². The molecule has 4 aromatic heterocycles. The highest BCUT2D eigenvalue weighted by Crippen LogP contribution is 2.45. The molecule has 0 saturated heterocycles. The fraction of sp³-hybridized carbons (Fsp3) is 0. The Bertz CT molecular complexity index is 2810. The Morgan fingerprint density at radius 2 is 0.696 bits per heavy atom. The molecular weight excluding hydrogens is 597 g/mol. The molecular formula is C42H24N2S2. The number of hydrogen-bond acceptors (Lipinski definition) is 2. The molecule has 4 heterocycles. The number of para-hydroxylation sites is 2. The number of nitrogens with zero attached hydrogens (tertiary/aromatic N) is 2. The fourth-order valence-electron chi connectivity index (χ4n) is 7.82. The summed E-state index contributed by atoms with van der Waals surface area (Å²) in [7, 11) is 0. The van der Waals surface area contributed by atoms with Crippen molar-refractivity contribution in [2.24, 2.45) is 0 Å². The van der Waals surface area contributed by atoms with Crippen molar-refractivity contribution in [1.29, 1.82) is 0 Å². The van der Waals surface area contributed by atoms with Gasteiger partial charge in [-0.2, -0.15) is 0 Å². The maximum absolute atomic E-state index is 2.48. The molecule has 11 aromatic rings. The number of thiophene rings is 2. The van der Waals surface area contributed by atoms with Gasteiger partial charge in [0.15, 0.2) is 0 Å². The van der Waals surface area contributed by atoms with Gasteiger partial charge in [0.05, 0.1) is 22.1 Å². The highest BCUT2D eigenvalue weighted by atomic mass is 32.1. The fourth-order valence-corrected chi connectivity index (χ4v) is 10.0. The summed E-state index contributed by atoms with van der Waals surface area (Å²) in [6, 6.07) is 53.8. The lowest BCUT2D eigenvalue weighted by Crippen LogP contribution is -1.97. The summed E-state index contributed by atoms with van der Waals surface area (Å²) < 4.78 is 10.3. The molecule has 0 unspecified atom stereocenters. The molecule has 0 saturated carbocycles. The van der Waals surface area contributed by atoms with Crippen LogP contribution in [0.4, 0.5) is 0 Å². The van der Waals surface area contributed by atoms with Crippen LogP contribution in [0.2, 0.25) is 0 Å². The Labute approximate surface area is 271 Å². The van der Waals surface area contributed by atoms with Gasteiger partial charge in [-0.1, -0.05) is 84.9 Å². The maximum atomic E-state index is 2.48. The third-order valence-corrected chi connectivity index (χ3v) is 12.0. The molecule has 0 aliphatic heterocycles. The largest absolute Gasteiger partial charge is 0.309 e. The van der Waals surface area contributed by atoms with E-state index in [1.807, 2.05) is 22.7 Å². The molecule has 2 nitrogen and oxygen atoms in total. The third kappa shape index (κ3) is 3.20. The molecule has 0 atom stereocenters. The smallest absolute Gasteiger partial charge is 0.0634 e. The molecule has 0 N–H and O–H groups in total. The Morgan fingerprint density at radius 3 is 1.15 bits per heavy atom. The van der Waals surface area contributed by atoms with Crippen molar-refractivity contribution >= 4 is 107 Å². The van der Waals surface area contributed by atoms with Crippen molar-refractivity contribution in [3.63, 3.8) is 0 Å². The van der Waals surface area contributed by atoms with Crippen LogP contribution in [0, 0.1) is 0 Å². The SMILES string of the molecule is c1ccc2c(c1)sc1ccc3c4ccccc4n(-c4ccc(-n5c6ccccc6c6ccc7sc8ccccc8c7c65)cc4)c3c12. The van der Waals surface area contributed by atoms with Gasteiger partial charge in [0.1, 0.15) is 0 Å². The van der Waals surface area contributed by atoms with Gasteiger partial charge in [-0.3, -0.25) is 0 Å². The first-order chi connectivity index (χ1) is 22.8. The van der Waals surface area contributed by atoms with Crippen molar-refractivity contribution in [2.45, 2.75) is 0 Å². The van der Waals surface area contributed by atoms with E-state index in [-0.39, 0.29) is 0 Å². The number of hydrogen-bond donors (Lipinski definition) is 0. The zero-order valence-corrected chi connectivity index (χ0v) is 26.2. The molecule has 0 spiro atoms. The van der Waals surface area contributed by atoms with Crippen LogP contribution in [0.25, 0.3) is 95.3 Å². The van der Waals surface area contributed by atoms with E-state index < -0.39 is 0 Å². The van der Waals surface area contributed by atoms with Crippen molar-refractivity contribution in [3.8, 4) is 11.4 Å². The van der Waals surface area contributed by atoms with Gasteiger partial charge in [0, 0.05) is 73.3 Å². The average Bonchev–Trinajstić information content (AvgIpc) is 3.85. The van der Waals surface area contributed by atoms with Gasteiger partial charge < -0.3 is 9.13 Å². The van der Waals surface area contributed by atoms with E-state index in [0.717, 1.165) is 0 Å². The first-order valence-electron chi connectivity index (χ1n) is 15.6. The van der Waals surface area contributed by atoms with E-state index in [1.165, 1.54) is 95.3 Å². The van der Waals surface area contributed by atoms with Crippen LogP contribution in [-0.2, 0) is 0 Å². The predicted octanol–water partition coefficient (Wildman–Crippen LogP) is 12.6. The molecule has 11 rings (SSSR count). The number of rotatable bonds is 2. The maximum Gasteiger partial charge on any atom is 0.0634 e. The minimum absolute atomic E-state index is 1.17. The zero-order valence-electron chi connectivity index (χ0n) is 24.6. The molecule has 214 valence electrons. The highest BCUT2D eigenvalue weighted by molar-refractivity contribution is 7.26. The van der Waals surface area contributed by atoms with Gasteiger partial charge in [0.2, 0.25) is 0 Å². The van der Waals surface area contributed by atoms with Gasteiger partial charge in [0.25, 0.3) is 0 Å². The molecule has 0 fully saturated rings. The third-order valence-electron chi connectivity index (χ3n) is 9.72. The molecule has 0 bridgehead atoms. The van der Waals surface area contributed by atoms with Crippen molar-refractivity contribution < 1.29 is 0 Å². The quantitative estimate of drug-likeness (QED) is 0.182. The minimum atomic E-state index is 1.17. The first-order valence-corrected chi connectivity index (χ1v) is 17.2. The highest BCUT2D eigenvalue weighted by Gasteiger charge is 2.20. The summed E-state index contributed by atoms with van der Waals surface area (Å²) in [5.74, 6) is 0. The Morgan fingerprint density at radius 1 is 0.304 bits per heavy atom. The summed E-state index contributed by atoms with van der Waals surface area (Å²) in [4.78, 5) is 0. The Balaban J connectivity index is 1.22. The molecule has 4 heteroatoms. The molecule has 0 aliphatic rings. The molecule has 46 heavy (non-hydrogen) atoms. The van der Waals surface area contributed by atoms with Gasteiger partial charge in [-0.15, -0.1) is 22.7 Å². The van der Waals surface area contributed by atoms with Crippen LogP contribution in [-0.4, -0.2) is 9.13 Å². The number of aromatic nitrogens is 2.